The Morgan fingerprint density at radius 3 is 2.44 bits per heavy atom. The smallest absolute Gasteiger partial charge is 0.203 e. The van der Waals surface area contributed by atoms with Gasteiger partial charge in [-0.2, -0.15) is 0 Å². The van der Waals surface area contributed by atoms with Gasteiger partial charge in [0.15, 0.2) is 22.5 Å². The van der Waals surface area contributed by atoms with Crippen molar-refractivity contribution < 1.29 is 14.2 Å². The van der Waals surface area contributed by atoms with Crippen molar-refractivity contribution in [2.45, 2.75) is 24.4 Å². The van der Waals surface area contributed by atoms with Crippen LogP contribution in [0.1, 0.15) is 11.3 Å². The number of aryl methyl sites for hydroxylation is 1. The summed E-state index contributed by atoms with van der Waals surface area (Å²) in [7, 11) is 4.77. The molecule has 2 heterocycles. The van der Waals surface area contributed by atoms with Gasteiger partial charge in [0.05, 0.1) is 27.0 Å². The largest absolute Gasteiger partial charge is 0.493 e. The minimum Gasteiger partial charge on any atom is -0.493 e. The zero-order chi connectivity index (χ0) is 24.1. The van der Waals surface area contributed by atoms with E-state index >= 15 is 0 Å². The van der Waals surface area contributed by atoms with Crippen LogP contribution >= 0.6 is 23.1 Å². The van der Waals surface area contributed by atoms with Crippen LogP contribution in [-0.2, 0) is 12.3 Å². The van der Waals surface area contributed by atoms with Crippen LogP contribution in [0.4, 0.5) is 0 Å². The standard InChI is InChI=1S/C25H26N4O3S2/c1-6-10-29-23(18-12-20(30-3)22(32-5)21(13-18)31-4)27-28-25(29)34-15-19-14-33-24(26-19)17-9-7-8-16(2)11-17/h6-9,11-14H,1,10,15H2,2-5H3. The molecular weight excluding hydrogens is 468 g/mol. The van der Waals surface area contributed by atoms with Gasteiger partial charge >= 0.3 is 0 Å². The van der Waals surface area contributed by atoms with Crippen molar-refractivity contribution in [2.24, 2.45) is 0 Å². The molecule has 0 aliphatic rings. The van der Waals surface area contributed by atoms with Gasteiger partial charge in [0, 0.05) is 28.8 Å². The molecule has 0 amide bonds. The van der Waals surface area contributed by atoms with Gasteiger partial charge < -0.3 is 14.2 Å². The molecule has 0 spiro atoms. The highest BCUT2D eigenvalue weighted by atomic mass is 32.2. The first kappa shape index (κ1) is 23.8. The Labute approximate surface area is 207 Å². The maximum absolute atomic E-state index is 5.50. The number of allylic oxidation sites excluding steroid dienone is 1. The summed E-state index contributed by atoms with van der Waals surface area (Å²) in [5.41, 5.74) is 4.18. The number of ether oxygens (including phenoxy) is 3. The lowest BCUT2D eigenvalue weighted by molar-refractivity contribution is 0.324. The highest BCUT2D eigenvalue weighted by molar-refractivity contribution is 7.98. The van der Waals surface area contributed by atoms with E-state index in [0.29, 0.717) is 35.4 Å². The fraction of sp³-hybridized carbons (Fsp3) is 0.240. The average Bonchev–Trinajstić information content (AvgIpc) is 3.49. The second-order valence-corrected chi connectivity index (χ2v) is 9.22. The molecule has 0 saturated heterocycles. The number of methoxy groups -OCH3 is 3. The molecule has 0 bridgehead atoms. The van der Waals surface area contributed by atoms with Crippen molar-refractivity contribution in [3.63, 3.8) is 0 Å². The van der Waals surface area contributed by atoms with Gasteiger partial charge in [-0.3, -0.25) is 4.57 Å². The second-order valence-electron chi connectivity index (χ2n) is 7.42. The summed E-state index contributed by atoms with van der Waals surface area (Å²) in [6.07, 6.45) is 1.83. The normalized spacial score (nSPS) is 10.8. The molecule has 4 aromatic rings. The monoisotopic (exact) mass is 494 g/mol. The van der Waals surface area contributed by atoms with Gasteiger partial charge in [0.1, 0.15) is 5.01 Å². The van der Waals surface area contributed by atoms with Crippen LogP contribution in [0.3, 0.4) is 0 Å². The van der Waals surface area contributed by atoms with Gasteiger partial charge in [-0.25, -0.2) is 4.98 Å². The zero-order valence-electron chi connectivity index (χ0n) is 19.6. The number of hydrogen-bond acceptors (Lipinski definition) is 8. The molecule has 0 unspecified atom stereocenters. The van der Waals surface area contributed by atoms with Crippen molar-refractivity contribution >= 4 is 23.1 Å². The summed E-state index contributed by atoms with van der Waals surface area (Å²) in [4.78, 5) is 4.81. The highest BCUT2D eigenvalue weighted by Crippen LogP contribution is 2.41. The van der Waals surface area contributed by atoms with Crippen LogP contribution in [-0.4, -0.2) is 41.1 Å². The molecule has 0 radical (unpaired) electrons. The van der Waals surface area contributed by atoms with Crippen LogP contribution in [0.2, 0.25) is 0 Å². The Morgan fingerprint density at radius 1 is 1.03 bits per heavy atom. The molecule has 34 heavy (non-hydrogen) atoms. The van der Waals surface area contributed by atoms with E-state index in [1.165, 1.54) is 5.56 Å². The Hall–Kier alpha value is -3.30. The van der Waals surface area contributed by atoms with Crippen LogP contribution in [0, 0.1) is 6.92 Å². The maximum Gasteiger partial charge on any atom is 0.203 e. The Balaban J connectivity index is 1.60. The van der Waals surface area contributed by atoms with Crippen molar-refractivity contribution in [3.05, 3.63) is 65.7 Å². The number of aromatic nitrogens is 4. The number of hydrogen-bond donors (Lipinski definition) is 0. The lowest BCUT2D eigenvalue weighted by Crippen LogP contribution is -2.02. The second kappa shape index (κ2) is 10.8. The number of rotatable bonds is 10. The average molecular weight is 495 g/mol. The molecule has 0 atom stereocenters. The molecule has 0 aliphatic heterocycles. The van der Waals surface area contributed by atoms with Gasteiger partial charge in [-0.05, 0) is 25.1 Å². The molecule has 2 aromatic heterocycles. The molecule has 176 valence electrons. The van der Waals surface area contributed by atoms with Crippen molar-refractivity contribution in [3.8, 4) is 39.2 Å². The Kier molecular flexibility index (Phi) is 7.54. The molecule has 4 rings (SSSR count). The van der Waals surface area contributed by atoms with Crippen LogP contribution in [0.25, 0.3) is 22.0 Å². The van der Waals surface area contributed by atoms with Crippen molar-refractivity contribution in [1.29, 1.82) is 0 Å². The van der Waals surface area contributed by atoms with Gasteiger partial charge in [0.2, 0.25) is 5.75 Å². The fourth-order valence-electron chi connectivity index (χ4n) is 3.54. The summed E-state index contributed by atoms with van der Waals surface area (Å²) < 4.78 is 18.5. The minimum atomic E-state index is 0.533. The first-order valence-corrected chi connectivity index (χ1v) is 12.4. The number of benzene rings is 2. The van der Waals surface area contributed by atoms with Gasteiger partial charge in [-0.15, -0.1) is 28.1 Å². The van der Waals surface area contributed by atoms with E-state index in [1.807, 2.05) is 22.8 Å². The summed E-state index contributed by atoms with van der Waals surface area (Å²) in [5, 5.41) is 12.8. The Morgan fingerprint density at radius 2 is 1.79 bits per heavy atom. The third-order valence-electron chi connectivity index (χ3n) is 5.12. The summed E-state index contributed by atoms with van der Waals surface area (Å²) in [6.45, 7) is 6.55. The molecular formula is C25H26N4O3S2. The minimum absolute atomic E-state index is 0.533. The van der Waals surface area contributed by atoms with E-state index < -0.39 is 0 Å². The number of nitrogens with zero attached hydrogens (tertiary/aromatic N) is 4. The third kappa shape index (κ3) is 4.95. The van der Waals surface area contributed by atoms with E-state index in [4.69, 9.17) is 19.2 Å². The molecule has 7 nitrogen and oxygen atoms in total. The Bertz CT molecular complexity index is 1270. The highest BCUT2D eigenvalue weighted by Gasteiger charge is 2.19. The zero-order valence-corrected chi connectivity index (χ0v) is 21.2. The number of thiazole rings is 1. The third-order valence-corrected chi connectivity index (χ3v) is 7.06. The summed E-state index contributed by atoms with van der Waals surface area (Å²) in [5.74, 6) is 3.04. The molecule has 9 heteroatoms. The first-order valence-electron chi connectivity index (χ1n) is 10.6. The van der Waals surface area contributed by atoms with Crippen LogP contribution in [0.15, 0.2) is 59.6 Å². The SMILES string of the molecule is C=CCn1c(SCc2csc(-c3cccc(C)c3)n2)nnc1-c1cc(OC)c(OC)c(OC)c1. The van der Waals surface area contributed by atoms with E-state index in [1.54, 1.807) is 44.4 Å². The maximum atomic E-state index is 5.50. The lowest BCUT2D eigenvalue weighted by atomic mass is 10.1. The van der Waals surface area contributed by atoms with Crippen LogP contribution in [0.5, 0.6) is 17.2 Å². The molecule has 0 fully saturated rings. The predicted octanol–water partition coefficient (Wildman–Crippen LogP) is 5.88. The topological polar surface area (TPSA) is 71.3 Å². The van der Waals surface area contributed by atoms with Crippen molar-refractivity contribution in [2.75, 3.05) is 21.3 Å². The number of thioether (sulfide) groups is 1. The summed E-state index contributed by atoms with van der Waals surface area (Å²) >= 11 is 3.24. The molecule has 0 aliphatic carbocycles. The first-order chi connectivity index (χ1) is 16.6. The van der Waals surface area contributed by atoms with E-state index in [9.17, 15) is 0 Å². The lowest BCUT2D eigenvalue weighted by Gasteiger charge is -2.14. The molecule has 0 saturated carbocycles. The predicted molar refractivity (Wildman–Crippen MR) is 137 cm³/mol. The van der Waals surface area contributed by atoms with E-state index in [2.05, 4.69) is 53.3 Å². The van der Waals surface area contributed by atoms with E-state index in [-0.39, 0.29) is 0 Å². The van der Waals surface area contributed by atoms with Crippen LogP contribution < -0.4 is 14.2 Å². The quantitative estimate of drug-likeness (QED) is 0.201. The van der Waals surface area contributed by atoms with E-state index in [0.717, 1.165) is 27.0 Å². The fourth-order valence-corrected chi connectivity index (χ4v) is 5.30. The summed E-state index contributed by atoms with van der Waals surface area (Å²) in [6, 6.07) is 12.1. The van der Waals surface area contributed by atoms with Crippen molar-refractivity contribution in [1.82, 2.24) is 19.7 Å². The van der Waals surface area contributed by atoms with Gasteiger partial charge in [0.25, 0.3) is 0 Å². The molecule has 2 aromatic carbocycles. The molecule has 0 N–H and O–H groups in total. The van der Waals surface area contributed by atoms with Gasteiger partial charge in [-0.1, -0.05) is 41.6 Å².